The first kappa shape index (κ1) is 25.2. The Hall–Kier alpha value is -2.42. The van der Waals surface area contributed by atoms with Crippen LogP contribution in [0.3, 0.4) is 0 Å². The Morgan fingerprint density at radius 3 is 2.33 bits per heavy atom. The summed E-state index contributed by atoms with van der Waals surface area (Å²) in [5.41, 5.74) is 0.841. The number of ether oxygens (including phenoxy) is 2. The molecule has 0 heterocycles. The highest BCUT2D eigenvalue weighted by molar-refractivity contribution is 7.89. The number of aliphatic hydroxyl groups excluding tert-OH is 1. The van der Waals surface area contributed by atoms with Gasteiger partial charge in [0.25, 0.3) is 0 Å². The van der Waals surface area contributed by atoms with E-state index in [1.165, 1.54) is 23.5 Å². The largest absolute Gasteiger partial charge is 0.497 e. The molecule has 1 aliphatic rings. The van der Waals surface area contributed by atoms with Crippen LogP contribution in [-0.4, -0.2) is 50.1 Å². The molecule has 1 unspecified atom stereocenters. The average molecular weight is 476 g/mol. The second kappa shape index (κ2) is 12.2. The predicted octanol–water partition coefficient (Wildman–Crippen LogP) is 3.76. The van der Waals surface area contributed by atoms with Crippen molar-refractivity contribution in [3.05, 3.63) is 60.2 Å². The number of sulfonamides is 1. The van der Waals surface area contributed by atoms with Crippen molar-refractivity contribution in [2.75, 3.05) is 20.3 Å². The van der Waals surface area contributed by atoms with Crippen LogP contribution >= 0.6 is 0 Å². The molecular formula is C25H33NO6S. The lowest BCUT2D eigenvalue weighted by molar-refractivity contribution is -0.152. The summed E-state index contributed by atoms with van der Waals surface area (Å²) in [7, 11) is -2.50. The molecule has 7 nitrogen and oxygen atoms in total. The molecule has 1 N–H and O–H groups in total. The Morgan fingerprint density at radius 2 is 1.73 bits per heavy atom. The van der Waals surface area contributed by atoms with Gasteiger partial charge in [-0.1, -0.05) is 49.6 Å². The van der Waals surface area contributed by atoms with Crippen LogP contribution in [0.2, 0.25) is 0 Å². The molecule has 2 aromatic carbocycles. The van der Waals surface area contributed by atoms with Crippen molar-refractivity contribution < 1.29 is 27.8 Å². The van der Waals surface area contributed by atoms with Crippen molar-refractivity contribution in [2.24, 2.45) is 5.92 Å². The topological polar surface area (TPSA) is 93.1 Å². The summed E-state index contributed by atoms with van der Waals surface area (Å²) >= 11 is 0. The van der Waals surface area contributed by atoms with E-state index in [2.05, 4.69) is 0 Å². The molecule has 0 spiro atoms. The maximum Gasteiger partial charge on any atom is 0.325 e. The molecule has 1 fully saturated rings. The summed E-state index contributed by atoms with van der Waals surface area (Å²) in [6, 6.07) is 14.5. The van der Waals surface area contributed by atoms with E-state index in [0.29, 0.717) is 5.75 Å². The van der Waals surface area contributed by atoms with Crippen LogP contribution < -0.4 is 4.74 Å². The second-order valence-electron chi connectivity index (χ2n) is 8.30. The lowest BCUT2D eigenvalue weighted by Gasteiger charge is -2.36. The standard InChI is InChI=1S/C25H33NO6S/c1-31-22-13-15-23(16-14-22)33(29,30)26(17-8-18-27)24(21-11-6-3-7-12-21)25(28)32-19-20-9-4-2-5-10-20/h2,4-5,9-10,13-16,21,24,27H,3,6-8,11-12,17-19H2,1H3. The van der Waals surface area contributed by atoms with Crippen molar-refractivity contribution in [3.8, 4) is 5.75 Å². The number of hydrogen-bond acceptors (Lipinski definition) is 6. The molecule has 3 rings (SSSR count). The molecule has 33 heavy (non-hydrogen) atoms. The SMILES string of the molecule is COc1ccc(S(=O)(=O)N(CCCO)C(C(=O)OCc2ccccc2)C2CCCCC2)cc1. The van der Waals surface area contributed by atoms with Crippen molar-refractivity contribution in [1.82, 2.24) is 4.31 Å². The number of esters is 1. The first-order valence-electron chi connectivity index (χ1n) is 11.4. The van der Waals surface area contributed by atoms with Gasteiger partial charge < -0.3 is 14.6 Å². The Kier molecular flexibility index (Phi) is 9.29. The van der Waals surface area contributed by atoms with Gasteiger partial charge in [-0.05, 0) is 55.0 Å². The minimum absolute atomic E-state index is 0.0342. The van der Waals surface area contributed by atoms with E-state index in [4.69, 9.17) is 9.47 Å². The Labute approximate surface area is 196 Å². The number of methoxy groups -OCH3 is 1. The third-order valence-corrected chi connectivity index (χ3v) is 7.97. The maximum absolute atomic E-state index is 13.7. The van der Waals surface area contributed by atoms with Crippen LogP contribution in [-0.2, 0) is 26.2 Å². The van der Waals surface area contributed by atoms with E-state index in [0.717, 1.165) is 37.7 Å². The zero-order valence-corrected chi connectivity index (χ0v) is 19.9. The molecule has 1 aliphatic carbocycles. The number of carbonyl (C=O) groups excluding carboxylic acids is 1. The molecule has 1 atom stereocenters. The average Bonchev–Trinajstić information content (AvgIpc) is 2.86. The molecule has 1 saturated carbocycles. The van der Waals surface area contributed by atoms with Crippen molar-refractivity contribution in [2.45, 2.75) is 56.1 Å². The highest BCUT2D eigenvalue weighted by atomic mass is 32.2. The van der Waals surface area contributed by atoms with Crippen molar-refractivity contribution in [1.29, 1.82) is 0 Å². The van der Waals surface area contributed by atoms with E-state index in [-0.39, 0.29) is 37.0 Å². The number of aliphatic hydroxyl groups is 1. The van der Waals surface area contributed by atoms with Crippen LogP contribution in [0.1, 0.15) is 44.1 Å². The molecular weight excluding hydrogens is 442 g/mol. The van der Waals surface area contributed by atoms with Gasteiger partial charge in [0.15, 0.2) is 0 Å². The Balaban J connectivity index is 1.93. The fourth-order valence-corrected chi connectivity index (χ4v) is 6.01. The molecule has 0 aliphatic heterocycles. The van der Waals surface area contributed by atoms with E-state index >= 15 is 0 Å². The number of benzene rings is 2. The minimum atomic E-state index is -4.01. The molecule has 0 amide bonds. The zero-order chi connectivity index (χ0) is 23.7. The summed E-state index contributed by atoms with van der Waals surface area (Å²) < 4.78 is 39.4. The monoisotopic (exact) mass is 475 g/mol. The van der Waals surface area contributed by atoms with Crippen molar-refractivity contribution in [3.63, 3.8) is 0 Å². The molecule has 2 aromatic rings. The van der Waals surface area contributed by atoms with Gasteiger partial charge in [-0.15, -0.1) is 0 Å². The first-order chi connectivity index (χ1) is 16.0. The van der Waals surface area contributed by atoms with Crippen LogP contribution in [0.25, 0.3) is 0 Å². The summed E-state index contributed by atoms with van der Waals surface area (Å²) in [5.74, 6) is -0.128. The molecule has 0 saturated heterocycles. The van der Waals surface area contributed by atoms with Gasteiger partial charge >= 0.3 is 5.97 Å². The van der Waals surface area contributed by atoms with Crippen molar-refractivity contribution >= 4 is 16.0 Å². The minimum Gasteiger partial charge on any atom is -0.497 e. The number of rotatable bonds is 11. The van der Waals surface area contributed by atoms with E-state index in [1.807, 2.05) is 30.3 Å². The molecule has 180 valence electrons. The van der Waals surface area contributed by atoms with Crippen LogP contribution in [0.5, 0.6) is 5.75 Å². The van der Waals surface area contributed by atoms with E-state index in [1.54, 1.807) is 12.1 Å². The maximum atomic E-state index is 13.7. The van der Waals surface area contributed by atoms with Gasteiger partial charge in [-0.3, -0.25) is 4.79 Å². The number of nitrogens with zero attached hydrogens (tertiary/aromatic N) is 1. The molecule has 0 radical (unpaired) electrons. The number of carbonyl (C=O) groups is 1. The second-order valence-corrected chi connectivity index (χ2v) is 10.2. The van der Waals surface area contributed by atoms with Crippen LogP contribution in [0.15, 0.2) is 59.5 Å². The van der Waals surface area contributed by atoms with Gasteiger partial charge in [0.05, 0.1) is 12.0 Å². The zero-order valence-electron chi connectivity index (χ0n) is 19.1. The molecule has 0 bridgehead atoms. The Morgan fingerprint density at radius 1 is 1.06 bits per heavy atom. The quantitative estimate of drug-likeness (QED) is 0.498. The lowest BCUT2D eigenvalue weighted by Crippen LogP contribution is -2.50. The number of hydrogen-bond donors (Lipinski definition) is 1. The fourth-order valence-electron chi connectivity index (χ4n) is 4.33. The highest BCUT2D eigenvalue weighted by Crippen LogP contribution is 2.33. The predicted molar refractivity (Wildman–Crippen MR) is 125 cm³/mol. The Bertz CT molecular complexity index is 972. The van der Waals surface area contributed by atoms with Gasteiger partial charge in [-0.25, -0.2) is 8.42 Å². The van der Waals surface area contributed by atoms with Crippen LogP contribution in [0, 0.1) is 5.92 Å². The van der Waals surface area contributed by atoms with Gasteiger partial charge in [-0.2, -0.15) is 4.31 Å². The molecule has 8 heteroatoms. The highest BCUT2D eigenvalue weighted by Gasteiger charge is 2.42. The normalized spacial score (nSPS) is 15.8. The smallest absolute Gasteiger partial charge is 0.325 e. The van der Waals surface area contributed by atoms with Gasteiger partial charge in [0.2, 0.25) is 10.0 Å². The summed E-state index contributed by atoms with van der Waals surface area (Å²) in [5, 5.41) is 9.45. The third-order valence-electron chi connectivity index (χ3n) is 6.07. The fraction of sp³-hybridized carbons (Fsp3) is 0.480. The molecule has 0 aromatic heterocycles. The lowest BCUT2D eigenvalue weighted by atomic mass is 9.84. The van der Waals surface area contributed by atoms with Crippen LogP contribution in [0.4, 0.5) is 0 Å². The van der Waals surface area contributed by atoms with E-state index < -0.39 is 22.0 Å². The van der Waals surface area contributed by atoms with Gasteiger partial charge in [0, 0.05) is 13.2 Å². The third kappa shape index (κ3) is 6.56. The summed E-state index contributed by atoms with van der Waals surface area (Å²) in [6.45, 7) is -0.0587. The van der Waals surface area contributed by atoms with Gasteiger partial charge in [0.1, 0.15) is 18.4 Å². The first-order valence-corrected chi connectivity index (χ1v) is 12.9. The van der Waals surface area contributed by atoms with E-state index in [9.17, 15) is 18.3 Å². The summed E-state index contributed by atoms with van der Waals surface area (Å²) in [4.78, 5) is 13.5. The summed E-state index contributed by atoms with van der Waals surface area (Å²) in [6.07, 6.45) is 4.72.